The van der Waals surface area contributed by atoms with E-state index < -0.39 is 12.2 Å². The second-order valence-corrected chi connectivity index (χ2v) is 7.92. The fourth-order valence-electron chi connectivity index (χ4n) is 3.18. The third-order valence-electron chi connectivity index (χ3n) is 4.65. The van der Waals surface area contributed by atoms with E-state index in [1.807, 2.05) is 54.6 Å². The van der Waals surface area contributed by atoms with Crippen molar-refractivity contribution in [3.8, 4) is 0 Å². The number of hydrogen-bond acceptors (Lipinski definition) is 5. The molecule has 6 heteroatoms. The van der Waals surface area contributed by atoms with Gasteiger partial charge in [-0.1, -0.05) is 60.7 Å². The summed E-state index contributed by atoms with van der Waals surface area (Å²) in [6.45, 7) is 0.200. The van der Waals surface area contributed by atoms with Crippen LogP contribution in [0.15, 0.2) is 72.9 Å². The zero-order chi connectivity index (χ0) is 20.3. The molecule has 3 rings (SSSR count). The molecular formula is C23H26N2O3S. The highest BCUT2D eigenvalue weighted by Crippen LogP contribution is 2.13. The summed E-state index contributed by atoms with van der Waals surface area (Å²) >= 11 is 1.31. The predicted octanol–water partition coefficient (Wildman–Crippen LogP) is 4.36. The summed E-state index contributed by atoms with van der Waals surface area (Å²) in [5, 5.41) is 13.5. The first-order valence-corrected chi connectivity index (χ1v) is 10.5. The first-order valence-electron chi connectivity index (χ1n) is 9.78. The molecule has 0 saturated heterocycles. The summed E-state index contributed by atoms with van der Waals surface area (Å²) < 4.78 is 9.30. The van der Waals surface area contributed by atoms with Crippen LogP contribution < -0.4 is 5.32 Å². The Morgan fingerprint density at radius 2 is 1.72 bits per heavy atom. The van der Waals surface area contributed by atoms with Gasteiger partial charge in [0.2, 0.25) is 0 Å². The van der Waals surface area contributed by atoms with E-state index in [2.05, 4.69) is 21.8 Å². The monoisotopic (exact) mass is 410 g/mol. The summed E-state index contributed by atoms with van der Waals surface area (Å²) in [5.41, 5.74) is 2.30. The van der Waals surface area contributed by atoms with Gasteiger partial charge in [0.05, 0.1) is 11.0 Å². The van der Waals surface area contributed by atoms with Gasteiger partial charge in [-0.2, -0.15) is 0 Å². The highest BCUT2D eigenvalue weighted by molar-refractivity contribution is 7.05. The van der Waals surface area contributed by atoms with E-state index in [1.165, 1.54) is 17.1 Å². The normalized spacial score (nSPS) is 12.9. The lowest BCUT2D eigenvalue weighted by Gasteiger charge is -2.22. The zero-order valence-corrected chi connectivity index (χ0v) is 17.1. The Kier molecular flexibility index (Phi) is 8.22. The van der Waals surface area contributed by atoms with Crippen molar-refractivity contribution in [3.63, 3.8) is 0 Å². The maximum Gasteiger partial charge on any atom is 0.407 e. The van der Waals surface area contributed by atoms with Crippen molar-refractivity contribution < 1.29 is 14.6 Å². The number of benzene rings is 2. The number of nitrogens with zero attached hydrogens (tertiary/aromatic N) is 1. The van der Waals surface area contributed by atoms with Gasteiger partial charge in [0, 0.05) is 12.2 Å². The van der Waals surface area contributed by atoms with Crippen LogP contribution >= 0.6 is 11.5 Å². The van der Waals surface area contributed by atoms with E-state index in [-0.39, 0.29) is 12.6 Å². The van der Waals surface area contributed by atoms with Gasteiger partial charge >= 0.3 is 6.09 Å². The molecule has 5 nitrogen and oxygen atoms in total. The number of aryl methyl sites for hydroxylation is 1. The summed E-state index contributed by atoms with van der Waals surface area (Å²) in [7, 11) is 0. The van der Waals surface area contributed by atoms with Gasteiger partial charge < -0.3 is 15.2 Å². The Morgan fingerprint density at radius 1 is 1.03 bits per heavy atom. The molecule has 1 aromatic heterocycles. The van der Waals surface area contributed by atoms with Gasteiger partial charge in [-0.25, -0.2) is 9.17 Å². The third kappa shape index (κ3) is 7.68. The summed E-state index contributed by atoms with van der Waals surface area (Å²) in [5.74, 6) is 0. The van der Waals surface area contributed by atoms with Crippen LogP contribution in [0.3, 0.4) is 0 Å². The van der Waals surface area contributed by atoms with Crippen LogP contribution in [-0.2, 0) is 24.2 Å². The van der Waals surface area contributed by atoms with Crippen molar-refractivity contribution in [1.29, 1.82) is 0 Å². The molecule has 1 amide bonds. The Hall–Kier alpha value is -2.70. The fraction of sp³-hybridized carbons (Fsp3) is 0.304. The minimum Gasteiger partial charge on any atom is -0.444 e. The molecule has 0 saturated carbocycles. The maximum absolute atomic E-state index is 12.3. The van der Waals surface area contributed by atoms with Gasteiger partial charge in [-0.3, -0.25) is 0 Å². The van der Waals surface area contributed by atoms with E-state index in [9.17, 15) is 9.90 Å². The maximum atomic E-state index is 12.3. The lowest BCUT2D eigenvalue weighted by atomic mass is 9.97. The van der Waals surface area contributed by atoms with Crippen molar-refractivity contribution >= 4 is 17.6 Å². The predicted molar refractivity (Wildman–Crippen MR) is 115 cm³/mol. The highest BCUT2D eigenvalue weighted by atomic mass is 32.1. The molecule has 0 aliphatic carbocycles. The van der Waals surface area contributed by atoms with E-state index in [1.54, 1.807) is 6.20 Å². The van der Waals surface area contributed by atoms with Gasteiger partial charge in [0.25, 0.3) is 0 Å². The van der Waals surface area contributed by atoms with Crippen LogP contribution in [0.2, 0.25) is 0 Å². The molecule has 0 fully saturated rings. The number of hydrogen-bond donors (Lipinski definition) is 2. The minimum absolute atomic E-state index is 0.200. The molecule has 2 aromatic carbocycles. The average molecular weight is 411 g/mol. The minimum atomic E-state index is -0.509. The first-order chi connectivity index (χ1) is 14.2. The largest absolute Gasteiger partial charge is 0.444 e. The molecule has 3 aromatic rings. The van der Waals surface area contributed by atoms with Gasteiger partial charge in [-0.15, -0.1) is 0 Å². The second kappa shape index (κ2) is 11.3. The van der Waals surface area contributed by atoms with E-state index in [0.29, 0.717) is 19.3 Å². The van der Waals surface area contributed by atoms with E-state index >= 15 is 0 Å². The lowest BCUT2D eigenvalue weighted by molar-refractivity contribution is 0.120. The number of carbonyl (C=O) groups is 1. The Balaban J connectivity index is 1.53. The van der Waals surface area contributed by atoms with Crippen LogP contribution in [0, 0.1) is 0 Å². The average Bonchev–Trinajstić information content (AvgIpc) is 3.26. The van der Waals surface area contributed by atoms with Gasteiger partial charge in [0.1, 0.15) is 6.61 Å². The summed E-state index contributed by atoms with van der Waals surface area (Å²) in [4.78, 5) is 13.2. The van der Waals surface area contributed by atoms with E-state index in [0.717, 1.165) is 16.9 Å². The number of carbonyl (C=O) groups excluding carboxylic acids is 1. The number of aromatic nitrogens is 1. The first kappa shape index (κ1) is 21.0. The molecule has 29 heavy (non-hydrogen) atoms. The number of aliphatic hydroxyl groups excluding tert-OH is 1. The molecular weight excluding hydrogens is 384 g/mol. The fourth-order valence-corrected chi connectivity index (χ4v) is 3.67. The van der Waals surface area contributed by atoms with Crippen molar-refractivity contribution in [2.24, 2.45) is 0 Å². The van der Waals surface area contributed by atoms with Crippen molar-refractivity contribution in [2.45, 2.75) is 44.4 Å². The summed E-state index contributed by atoms with van der Waals surface area (Å²) in [6, 6.07) is 21.7. The molecule has 2 atom stereocenters. The van der Waals surface area contributed by atoms with Crippen LogP contribution in [-0.4, -0.2) is 27.7 Å². The molecule has 0 radical (unpaired) electrons. The van der Waals surface area contributed by atoms with Gasteiger partial charge in [-0.05, 0) is 54.4 Å². The Labute approximate surface area is 175 Å². The standard InChI is InChI=1S/C23H26N2O3S/c26-21(12-11-18-7-3-1-4-8-18)16-20(15-19-9-5-2-6-10-19)25-23(27)28-17-22-13-14-24-29-22/h1-10,13-14,20-21,26H,11-12,15-17H2,(H,25,27). The van der Waals surface area contributed by atoms with Crippen LogP contribution in [0.5, 0.6) is 0 Å². The molecule has 0 spiro atoms. The number of rotatable bonds is 10. The lowest BCUT2D eigenvalue weighted by Crippen LogP contribution is -2.39. The molecule has 2 unspecified atom stereocenters. The topological polar surface area (TPSA) is 71.5 Å². The smallest absolute Gasteiger partial charge is 0.407 e. The number of aliphatic hydroxyl groups is 1. The van der Waals surface area contributed by atoms with Crippen LogP contribution in [0.4, 0.5) is 4.79 Å². The number of ether oxygens (including phenoxy) is 1. The highest BCUT2D eigenvalue weighted by Gasteiger charge is 2.18. The van der Waals surface area contributed by atoms with Crippen molar-refractivity contribution in [3.05, 3.63) is 88.9 Å². The quantitative estimate of drug-likeness (QED) is 0.521. The zero-order valence-electron chi connectivity index (χ0n) is 16.2. The molecule has 0 aliphatic rings. The third-order valence-corrected chi connectivity index (χ3v) is 5.36. The summed E-state index contributed by atoms with van der Waals surface area (Å²) in [6.07, 6.45) is 3.25. The number of alkyl carbamates (subject to hydrolysis) is 1. The molecule has 2 N–H and O–H groups in total. The van der Waals surface area contributed by atoms with Gasteiger partial charge in [0.15, 0.2) is 0 Å². The Morgan fingerprint density at radius 3 is 2.38 bits per heavy atom. The molecule has 0 aliphatic heterocycles. The molecule has 152 valence electrons. The second-order valence-electron chi connectivity index (χ2n) is 7.00. The number of nitrogens with one attached hydrogen (secondary N) is 1. The van der Waals surface area contributed by atoms with Crippen LogP contribution in [0.25, 0.3) is 0 Å². The van der Waals surface area contributed by atoms with Crippen molar-refractivity contribution in [2.75, 3.05) is 0 Å². The number of amides is 1. The Bertz CT molecular complexity index is 841. The van der Waals surface area contributed by atoms with Crippen LogP contribution in [0.1, 0.15) is 28.8 Å². The SMILES string of the molecule is O=C(NC(Cc1ccccc1)CC(O)CCc1ccccc1)OCc1ccns1. The van der Waals surface area contributed by atoms with Crippen molar-refractivity contribution in [1.82, 2.24) is 9.69 Å². The molecule has 0 bridgehead atoms. The molecule has 1 heterocycles. The van der Waals surface area contributed by atoms with E-state index in [4.69, 9.17) is 4.74 Å².